The Morgan fingerprint density at radius 1 is 1.33 bits per heavy atom. The monoisotopic (exact) mass is 188 g/mol. The van der Waals surface area contributed by atoms with Gasteiger partial charge in [-0.3, -0.25) is 0 Å². The van der Waals surface area contributed by atoms with Gasteiger partial charge in [-0.1, -0.05) is 25.4 Å². The minimum Gasteiger partial charge on any atom is -0.508 e. The number of benzene rings is 1. The van der Waals surface area contributed by atoms with Crippen LogP contribution in [-0.4, -0.2) is 10.2 Å². The summed E-state index contributed by atoms with van der Waals surface area (Å²) in [6, 6.07) is 4.54. The van der Waals surface area contributed by atoms with Gasteiger partial charge in [-0.05, 0) is 18.2 Å². The summed E-state index contributed by atoms with van der Waals surface area (Å²) in [5.74, 6) is 0.0758. The van der Waals surface area contributed by atoms with Crippen molar-refractivity contribution in [3.8, 4) is 5.75 Å². The van der Waals surface area contributed by atoms with E-state index in [9.17, 15) is 0 Å². The molecular formula is C9H13ClO2. The van der Waals surface area contributed by atoms with Gasteiger partial charge in [0.2, 0.25) is 0 Å². The Hall–Kier alpha value is -0.730. The van der Waals surface area contributed by atoms with Gasteiger partial charge in [0.25, 0.3) is 0 Å². The Morgan fingerprint density at radius 3 is 2.33 bits per heavy atom. The highest BCUT2D eigenvalue weighted by molar-refractivity contribution is 6.30. The fourth-order valence-electron chi connectivity index (χ4n) is 0.681. The molecule has 12 heavy (non-hydrogen) atoms. The van der Waals surface area contributed by atoms with Crippen LogP contribution in [0.25, 0.3) is 0 Å². The topological polar surface area (TPSA) is 40.5 Å². The van der Waals surface area contributed by atoms with E-state index in [0.29, 0.717) is 10.6 Å². The van der Waals surface area contributed by atoms with Crippen molar-refractivity contribution >= 4 is 11.6 Å². The molecule has 1 rings (SSSR count). The standard InChI is InChI=1S/C7H7ClO2.C2H6/c8-6-1-2-7(10)5(3-6)4-9;1-2/h1-3,9-10H,4H2;1-2H3. The van der Waals surface area contributed by atoms with Gasteiger partial charge in [-0.25, -0.2) is 0 Å². The molecule has 0 fully saturated rings. The maximum absolute atomic E-state index is 9.02. The molecule has 2 N–H and O–H groups in total. The van der Waals surface area contributed by atoms with Crippen molar-refractivity contribution < 1.29 is 10.2 Å². The van der Waals surface area contributed by atoms with Crippen molar-refractivity contribution in [2.45, 2.75) is 20.5 Å². The van der Waals surface area contributed by atoms with Gasteiger partial charge in [0.15, 0.2) is 0 Å². The normalized spacial score (nSPS) is 8.67. The maximum Gasteiger partial charge on any atom is 0.121 e. The zero-order valence-electron chi connectivity index (χ0n) is 7.21. The van der Waals surface area contributed by atoms with Crippen LogP contribution < -0.4 is 0 Å². The second kappa shape index (κ2) is 5.86. The zero-order chi connectivity index (χ0) is 9.56. The molecule has 68 valence electrons. The van der Waals surface area contributed by atoms with Crippen LogP contribution in [0.4, 0.5) is 0 Å². The molecule has 0 bridgehead atoms. The first-order valence-electron chi connectivity index (χ1n) is 3.82. The highest BCUT2D eigenvalue weighted by Crippen LogP contribution is 2.20. The van der Waals surface area contributed by atoms with Gasteiger partial charge in [-0.15, -0.1) is 0 Å². The van der Waals surface area contributed by atoms with E-state index in [1.165, 1.54) is 12.1 Å². The fraction of sp³-hybridized carbons (Fsp3) is 0.333. The summed E-state index contributed by atoms with van der Waals surface area (Å²) in [5, 5.41) is 18.2. The molecule has 0 radical (unpaired) electrons. The second-order valence-electron chi connectivity index (χ2n) is 1.93. The molecule has 0 unspecified atom stereocenters. The lowest BCUT2D eigenvalue weighted by Crippen LogP contribution is -1.82. The molecule has 0 saturated heterocycles. The molecule has 0 saturated carbocycles. The molecule has 2 nitrogen and oxygen atoms in total. The molecule has 0 aromatic heterocycles. The van der Waals surface area contributed by atoms with Crippen molar-refractivity contribution in [1.29, 1.82) is 0 Å². The molecule has 0 amide bonds. The summed E-state index contributed by atoms with van der Waals surface area (Å²) < 4.78 is 0. The van der Waals surface area contributed by atoms with E-state index in [-0.39, 0.29) is 12.4 Å². The van der Waals surface area contributed by atoms with Crippen LogP contribution in [0.3, 0.4) is 0 Å². The highest BCUT2D eigenvalue weighted by atomic mass is 35.5. The Kier molecular flexibility index (Phi) is 5.51. The summed E-state index contributed by atoms with van der Waals surface area (Å²) in [5.41, 5.74) is 0.451. The summed E-state index contributed by atoms with van der Waals surface area (Å²) in [7, 11) is 0. The van der Waals surface area contributed by atoms with E-state index < -0.39 is 0 Å². The van der Waals surface area contributed by atoms with Crippen LogP contribution in [0.1, 0.15) is 19.4 Å². The predicted octanol–water partition coefficient (Wildman–Crippen LogP) is 2.56. The Bertz CT molecular complexity index is 236. The average molecular weight is 189 g/mol. The first-order valence-corrected chi connectivity index (χ1v) is 4.20. The number of phenols is 1. The molecular weight excluding hydrogens is 176 g/mol. The van der Waals surface area contributed by atoms with Crippen molar-refractivity contribution in [3.05, 3.63) is 28.8 Å². The molecule has 0 spiro atoms. The second-order valence-corrected chi connectivity index (χ2v) is 2.37. The van der Waals surface area contributed by atoms with Crippen molar-refractivity contribution in [1.82, 2.24) is 0 Å². The fourth-order valence-corrected chi connectivity index (χ4v) is 0.875. The Balaban J connectivity index is 0.000000561. The van der Waals surface area contributed by atoms with Crippen molar-refractivity contribution in [2.75, 3.05) is 0 Å². The zero-order valence-corrected chi connectivity index (χ0v) is 7.97. The quantitative estimate of drug-likeness (QED) is 0.711. The molecule has 0 atom stereocenters. The lowest BCUT2D eigenvalue weighted by atomic mass is 10.2. The van der Waals surface area contributed by atoms with Gasteiger partial charge < -0.3 is 10.2 Å². The molecule has 0 aliphatic rings. The summed E-state index contributed by atoms with van der Waals surface area (Å²) >= 11 is 5.57. The molecule has 1 aromatic rings. The molecule has 0 aliphatic heterocycles. The molecule has 0 aliphatic carbocycles. The number of aromatic hydroxyl groups is 1. The first-order chi connectivity index (χ1) is 5.74. The van der Waals surface area contributed by atoms with Gasteiger partial charge in [0.05, 0.1) is 6.61 Å². The third-order valence-corrected chi connectivity index (χ3v) is 1.45. The van der Waals surface area contributed by atoms with Crippen LogP contribution in [0, 0.1) is 0 Å². The number of aliphatic hydroxyl groups is 1. The van der Waals surface area contributed by atoms with E-state index in [0.717, 1.165) is 0 Å². The van der Waals surface area contributed by atoms with Gasteiger partial charge in [0, 0.05) is 10.6 Å². The largest absolute Gasteiger partial charge is 0.508 e. The molecule has 0 heterocycles. The van der Waals surface area contributed by atoms with Crippen LogP contribution in [0.2, 0.25) is 5.02 Å². The van der Waals surface area contributed by atoms with Gasteiger partial charge >= 0.3 is 0 Å². The van der Waals surface area contributed by atoms with Gasteiger partial charge in [-0.2, -0.15) is 0 Å². The summed E-state index contributed by atoms with van der Waals surface area (Å²) in [6.07, 6.45) is 0. The van der Waals surface area contributed by atoms with Crippen LogP contribution in [0.5, 0.6) is 5.75 Å². The van der Waals surface area contributed by atoms with Crippen molar-refractivity contribution in [3.63, 3.8) is 0 Å². The third kappa shape index (κ3) is 3.11. The lowest BCUT2D eigenvalue weighted by Gasteiger charge is -1.99. The average Bonchev–Trinajstić information content (AvgIpc) is 2.13. The minimum absolute atomic E-state index is 0.0758. The number of aliphatic hydroxyl groups excluding tert-OH is 1. The van der Waals surface area contributed by atoms with E-state index >= 15 is 0 Å². The van der Waals surface area contributed by atoms with Gasteiger partial charge in [0.1, 0.15) is 5.75 Å². The number of hydrogen-bond donors (Lipinski definition) is 2. The smallest absolute Gasteiger partial charge is 0.121 e. The van der Waals surface area contributed by atoms with Crippen LogP contribution in [-0.2, 0) is 6.61 Å². The lowest BCUT2D eigenvalue weighted by molar-refractivity contribution is 0.275. The highest BCUT2D eigenvalue weighted by Gasteiger charge is 1.98. The van der Waals surface area contributed by atoms with Crippen molar-refractivity contribution in [2.24, 2.45) is 0 Å². The molecule has 1 aromatic carbocycles. The first kappa shape index (κ1) is 11.3. The van der Waals surface area contributed by atoms with E-state index in [1.807, 2.05) is 13.8 Å². The van der Waals surface area contributed by atoms with E-state index in [4.69, 9.17) is 21.8 Å². The Morgan fingerprint density at radius 2 is 1.92 bits per heavy atom. The predicted molar refractivity (Wildman–Crippen MR) is 50.4 cm³/mol. The number of hydrogen-bond acceptors (Lipinski definition) is 2. The molecule has 3 heteroatoms. The third-order valence-electron chi connectivity index (χ3n) is 1.21. The summed E-state index contributed by atoms with van der Waals surface area (Å²) in [4.78, 5) is 0. The van der Waals surface area contributed by atoms with E-state index in [2.05, 4.69) is 0 Å². The number of rotatable bonds is 1. The Labute approximate surface area is 77.4 Å². The maximum atomic E-state index is 9.02. The SMILES string of the molecule is CC.OCc1cc(Cl)ccc1O. The minimum atomic E-state index is -0.188. The van der Waals surface area contributed by atoms with E-state index in [1.54, 1.807) is 6.07 Å². The number of halogens is 1. The summed E-state index contributed by atoms with van der Waals surface area (Å²) in [6.45, 7) is 3.81. The van der Waals surface area contributed by atoms with Crippen LogP contribution in [0.15, 0.2) is 18.2 Å². The van der Waals surface area contributed by atoms with Crippen LogP contribution >= 0.6 is 11.6 Å².